The summed E-state index contributed by atoms with van der Waals surface area (Å²) in [6, 6.07) is 6.32. The van der Waals surface area contributed by atoms with Crippen LogP contribution in [-0.4, -0.2) is 13.1 Å². The number of methoxy groups -OCH3 is 1. The van der Waals surface area contributed by atoms with Gasteiger partial charge in [-0.25, -0.2) is 4.79 Å². The Morgan fingerprint density at radius 2 is 2.22 bits per heavy atom. The molecule has 0 saturated carbocycles. The maximum atomic E-state index is 11.9. The molecule has 1 aromatic carbocycles. The van der Waals surface area contributed by atoms with Gasteiger partial charge in [0.1, 0.15) is 10.6 Å². The minimum atomic E-state index is -0.348. The number of fused-ring (bicyclic) bond motifs is 3. The van der Waals surface area contributed by atoms with Gasteiger partial charge in [0.25, 0.3) is 0 Å². The zero-order valence-electron chi connectivity index (χ0n) is 10.2. The Morgan fingerprint density at radius 3 is 2.94 bits per heavy atom. The van der Waals surface area contributed by atoms with E-state index in [9.17, 15) is 4.79 Å². The highest BCUT2D eigenvalue weighted by Crippen LogP contribution is 2.46. The van der Waals surface area contributed by atoms with Crippen LogP contribution in [0.1, 0.15) is 26.4 Å². The van der Waals surface area contributed by atoms with Crippen molar-refractivity contribution in [1.82, 2.24) is 0 Å². The van der Waals surface area contributed by atoms with Crippen molar-refractivity contribution in [3.05, 3.63) is 39.8 Å². The summed E-state index contributed by atoms with van der Waals surface area (Å²) >= 11 is 1.49. The third-order valence-corrected chi connectivity index (χ3v) is 4.30. The summed E-state index contributed by atoms with van der Waals surface area (Å²) in [6.45, 7) is 2.05. The van der Waals surface area contributed by atoms with Gasteiger partial charge < -0.3 is 10.5 Å². The van der Waals surface area contributed by atoms with Crippen molar-refractivity contribution in [2.45, 2.75) is 13.3 Å². The molecule has 18 heavy (non-hydrogen) atoms. The Labute approximate surface area is 109 Å². The van der Waals surface area contributed by atoms with E-state index in [0.717, 1.165) is 22.4 Å². The predicted molar refractivity (Wildman–Crippen MR) is 73.0 cm³/mol. The lowest BCUT2D eigenvalue weighted by molar-refractivity contribution is 0.0603. The molecule has 0 aliphatic heterocycles. The van der Waals surface area contributed by atoms with E-state index in [1.54, 1.807) is 0 Å². The van der Waals surface area contributed by atoms with E-state index in [4.69, 9.17) is 10.5 Å². The molecule has 0 spiro atoms. The van der Waals surface area contributed by atoms with Gasteiger partial charge in [-0.2, -0.15) is 0 Å². The highest BCUT2D eigenvalue weighted by molar-refractivity contribution is 7.17. The van der Waals surface area contributed by atoms with Crippen molar-refractivity contribution < 1.29 is 9.53 Å². The summed E-state index contributed by atoms with van der Waals surface area (Å²) in [7, 11) is 1.39. The molecule has 0 atom stereocenters. The topological polar surface area (TPSA) is 52.3 Å². The fourth-order valence-corrected chi connectivity index (χ4v) is 3.56. The van der Waals surface area contributed by atoms with Crippen molar-refractivity contribution in [1.29, 1.82) is 0 Å². The number of thiophene rings is 1. The van der Waals surface area contributed by atoms with Gasteiger partial charge in [-0.1, -0.05) is 23.8 Å². The molecule has 2 N–H and O–H groups in total. The van der Waals surface area contributed by atoms with E-state index in [0.29, 0.717) is 10.6 Å². The lowest BCUT2D eigenvalue weighted by Gasteiger charge is -2.05. The minimum Gasteiger partial charge on any atom is -0.465 e. The molecule has 1 aliphatic rings. The van der Waals surface area contributed by atoms with Crippen molar-refractivity contribution in [2.24, 2.45) is 0 Å². The molecule has 4 heteroatoms. The maximum Gasteiger partial charge on any atom is 0.341 e. The summed E-state index contributed by atoms with van der Waals surface area (Å²) in [5, 5.41) is 0.555. The van der Waals surface area contributed by atoms with E-state index >= 15 is 0 Å². The van der Waals surface area contributed by atoms with E-state index in [1.807, 2.05) is 6.92 Å². The first-order chi connectivity index (χ1) is 8.61. The molecule has 0 amide bonds. The van der Waals surface area contributed by atoms with Crippen LogP contribution >= 0.6 is 11.3 Å². The summed E-state index contributed by atoms with van der Waals surface area (Å²) in [5.41, 5.74) is 11.0. The molecule has 0 bridgehead atoms. The largest absolute Gasteiger partial charge is 0.465 e. The number of ether oxygens (including phenoxy) is 1. The highest BCUT2D eigenvalue weighted by atomic mass is 32.1. The first-order valence-electron chi connectivity index (χ1n) is 5.71. The van der Waals surface area contributed by atoms with Crippen LogP contribution in [0.3, 0.4) is 0 Å². The molecule has 3 rings (SSSR count). The molecule has 92 valence electrons. The fourth-order valence-electron chi connectivity index (χ4n) is 2.46. The van der Waals surface area contributed by atoms with Gasteiger partial charge in [0.05, 0.1) is 7.11 Å². The molecule has 0 unspecified atom stereocenters. The summed E-state index contributed by atoms with van der Waals surface area (Å²) in [4.78, 5) is 13.0. The van der Waals surface area contributed by atoms with Gasteiger partial charge in [-0.3, -0.25) is 0 Å². The zero-order valence-corrected chi connectivity index (χ0v) is 11.1. The molecule has 2 aromatic rings. The third kappa shape index (κ3) is 1.46. The van der Waals surface area contributed by atoms with Crippen molar-refractivity contribution >= 4 is 22.3 Å². The van der Waals surface area contributed by atoms with Crippen LogP contribution in [0.2, 0.25) is 0 Å². The second-order valence-electron chi connectivity index (χ2n) is 4.47. The second-order valence-corrected chi connectivity index (χ2v) is 5.61. The number of aryl methyl sites for hydroxylation is 1. The molecular weight excluding hydrogens is 246 g/mol. The third-order valence-electron chi connectivity index (χ3n) is 3.28. The number of hydrogen-bond donors (Lipinski definition) is 1. The summed E-state index contributed by atoms with van der Waals surface area (Å²) < 4.78 is 4.83. The monoisotopic (exact) mass is 259 g/mol. The van der Waals surface area contributed by atoms with Gasteiger partial charge in [0, 0.05) is 16.9 Å². The SMILES string of the molecule is COC(=O)c1c(N)sc2c1-c1cc(C)ccc1C2. The number of anilines is 1. The molecule has 1 aromatic heterocycles. The van der Waals surface area contributed by atoms with E-state index in [2.05, 4.69) is 18.2 Å². The standard InChI is InChI=1S/C14H13NO2S/c1-7-3-4-8-6-10-11(9(8)5-7)12(13(15)18-10)14(16)17-2/h3-5H,6,15H2,1-2H3. The van der Waals surface area contributed by atoms with E-state index in [-0.39, 0.29) is 5.97 Å². The van der Waals surface area contributed by atoms with Crippen LogP contribution in [-0.2, 0) is 11.2 Å². The lowest BCUT2D eigenvalue weighted by Crippen LogP contribution is -2.04. The minimum absolute atomic E-state index is 0.348. The average molecular weight is 259 g/mol. The summed E-state index contributed by atoms with van der Waals surface area (Å²) in [6.07, 6.45) is 0.858. The number of hydrogen-bond acceptors (Lipinski definition) is 4. The number of carbonyl (C=O) groups is 1. The van der Waals surface area contributed by atoms with E-state index < -0.39 is 0 Å². The molecule has 0 fully saturated rings. The van der Waals surface area contributed by atoms with Crippen LogP contribution in [0.5, 0.6) is 0 Å². The van der Waals surface area contributed by atoms with Gasteiger partial charge in [0.2, 0.25) is 0 Å². The van der Waals surface area contributed by atoms with Gasteiger partial charge in [-0.15, -0.1) is 11.3 Å². The number of esters is 1. The quantitative estimate of drug-likeness (QED) is 0.683. The Balaban J connectivity index is 2.27. The van der Waals surface area contributed by atoms with Crippen molar-refractivity contribution in [3.63, 3.8) is 0 Å². The van der Waals surface area contributed by atoms with Gasteiger partial charge >= 0.3 is 5.97 Å². The lowest BCUT2D eigenvalue weighted by atomic mass is 10.0. The molecule has 1 aliphatic carbocycles. The zero-order chi connectivity index (χ0) is 12.9. The molecule has 3 nitrogen and oxygen atoms in total. The Hall–Kier alpha value is -1.81. The smallest absolute Gasteiger partial charge is 0.341 e. The highest BCUT2D eigenvalue weighted by Gasteiger charge is 2.29. The van der Waals surface area contributed by atoms with Gasteiger partial charge in [0.15, 0.2) is 0 Å². The van der Waals surface area contributed by atoms with Crippen molar-refractivity contribution in [3.8, 4) is 11.1 Å². The predicted octanol–water partition coefficient (Wildman–Crippen LogP) is 3.00. The normalized spacial score (nSPS) is 12.1. The summed E-state index contributed by atoms with van der Waals surface area (Å²) in [5.74, 6) is -0.348. The number of benzene rings is 1. The number of carbonyl (C=O) groups excluding carboxylic acids is 1. The van der Waals surface area contributed by atoms with Gasteiger partial charge in [-0.05, 0) is 18.1 Å². The molecular formula is C14H13NO2S. The Morgan fingerprint density at radius 1 is 1.44 bits per heavy atom. The van der Waals surface area contributed by atoms with Crippen LogP contribution in [0.25, 0.3) is 11.1 Å². The van der Waals surface area contributed by atoms with Crippen LogP contribution in [0, 0.1) is 6.92 Å². The average Bonchev–Trinajstić information content (AvgIpc) is 2.83. The van der Waals surface area contributed by atoms with Crippen molar-refractivity contribution in [2.75, 3.05) is 12.8 Å². The first kappa shape index (κ1) is 11.3. The Kier molecular flexibility index (Phi) is 2.41. The maximum absolute atomic E-state index is 11.9. The molecule has 0 saturated heterocycles. The molecule has 0 radical (unpaired) electrons. The fraction of sp³-hybridized carbons (Fsp3) is 0.214. The first-order valence-corrected chi connectivity index (χ1v) is 6.53. The Bertz CT molecular complexity index is 658. The second kappa shape index (κ2) is 3.85. The van der Waals surface area contributed by atoms with Crippen LogP contribution < -0.4 is 5.73 Å². The number of nitrogens with two attached hydrogens (primary N) is 1. The van der Waals surface area contributed by atoms with Crippen LogP contribution in [0.15, 0.2) is 18.2 Å². The molecule has 1 heterocycles. The van der Waals surface area contributed by atoms with Crippen LogP contribution in [0.4, 0.5) is 5.00 Å². The number of rotatable bonds is 1. The van der Waals surface area contributed by atoms with E-state index in [1.165, 1.54) is 29.6 Å². The number of nitrogen functional groups attached to an aromatic ring is 1.